The fourth-order valence-electron chi connectivity index (χ4n) is 4.53. The fraction of sp³-hybridized carbons (Fsp3) is 0.185. The average molecular weight is 469 g/mol. The molecule has 8 nitrogen and oxygen atoms in total. The summed E-state index contributed by atoms with van der Waals surface area (Å²) in [4.78, 5) is 24.4. The number of hydrogen-bond donors (Lipinski definition) is 3. The zero-order chi connectivity index (χ0) is 24.7. The van der Waals surface area contributed by atoms with Crippen molar-refractivity contribution in [3.8, 4) is 16.9 Å². The Labute approximate surface area is 202 Å². The lowest BCUT2D eigenvalue weighted by Crippen LogP contribution is -2.28. The van der Waals surface area contributed by atoms with E-state index in [-0.39, 0.29) is 28.6 Å². The van der Waals surface area contributed by atoms with Crippen molar-refractivity contribution in [3.05, 3.63) is 77.4 Å². The third kappa shape index (κ3) is 4.03. The summed E-state index contributed by atoms with van der Waals surface area (Å²) in [5.41, 5.74) is 8.03. The number of para-hydroxylation sites is 1. The Morgan fingerprint density at radius 3 is 2.74 bits per heavy atom. The first-order valence-corrected chi connectivity index (χ1v) is 11.4. The first-order valence-electron chi connectivity index (χ1n) is 11.4. The maximum absolute atomic E-state index is 13.1. The minimum Gasteiger partial charge on any atom is -0.505 e. The molecule has 1 aliphatic carbocycles. The van der Waals surface area contributed by atoms with E-state index in [9.17, 15) is 19.8 Å². The molecule has 1 amide bonds. The molecule has 0 radical (unpaired) electrons. The third-order valence-electron chi connectivity index (χ3n) is 6.48. The van der Waals surface area contributed by atoms with Gasteiger partial charge in [0.2, 0.25) is 0 Å². The molecule has 3 aromatic carbocycles. The number of aryl methyl sites for hydroxylation is 1. The summed E-state index contributed by atoms with van der Waals surface area (Å²) < 4.78 is 0. The number of amides is 1. The number of hydrogen-bond acceptors (Lipinski definition) is 6. The van der Waals surface area contributed by atoms with Crippen LogP contribution in [-0.4, -0.2) is 33.5 Å². The van der Waals surface area contributed by atoms with Crippen molar-refractivity contribution in [1.82, 2.24) is 0 Å². The summed E-state index contributed by atoms with van der Waals surface area (Å²) in [5.74, 6) is -1.06. The minimum absolute atomic E-state index is 0.108. The molecule has 5 rings (SSSR count). The number of rotatable bonds is 5. The lowest BCUT2D eigenvalue weighted by molar-refractivity contribution is -0.112. The van der Waals surface area contributed by atoms with Gasteiger partial charge < -0.3 is 10.2 Å². The molecule has 176 valence electrons. The number of nitrogens with one attached hydrogen (secondary N) is 1. The second-order valence-corrected chi connectivity index (χ2v) is 8.79. The number of nitrogens with zero attached hydrogens (tertiary/aromatic N) is 3. The van der Waals surface area contributed by atoms with Gasteiger partial charge in [-0.3, -0.25) is 10.2 Å². The Morgan fingerprint density at radius 2 is 1.94 bits per heavy atom. The SMILES string of the molecule is CC1=NN(c2ccc3c(c2)C(C)CC3)C(=O)C1=NNc1cccc(-c2cccc(C(=O)O)c2)c1O. The van der Waals surface area contributed by atoms with E-state index in [2.05, 4.69) is 28.6 Å². The van der Waals surface area contributed by atoms with Crippen LogP contribution in [0.2, 0.25) is 0 Å². The maximum atomic E-state index is 13.1. The van der Waals surface area contributed by atoms with Crippen LogP contribution in [0.4, 0.5) is 11.4 Å². The van der Waals surface area contributed by atoms with Crippen molar-refractivity contribution in [1.29, 1.82) is 0 Å². The van der Waals surface area contributed by atoms with Gasteiger partial charge in [-0.05, 0) is 72.7 Å². The molecule has 2 aliphatic rings. The van der Waals surface area contributed by atoms with Crippen molar-refractivity contribution in [2.75, 3.05) is 10.4 Å². The number of phenolic OH excluding ortho intramolecular Hbond substituents is 1. The van der Waals surface area contributed by atoms with Crippen LogP contribution in [0.3, 0.4) is 0 Å². The number of phenols is 1. The number of fused-ring (bicyclic) bond motifs is 1. The van der Waals surface area contributed by atoms with E-state index in [4.69, 9.17) is 0 Å². The predicted molar refractivity (Wildman–Crippen MR) is 135 cm³/mol. The minimum atomic E-state index is -1.05. The summed E-state index contributed by atoms with van der Waals surface area (Å²) in [6.07, 6.45) is 2.15. The standard InChI is InChI=1S/C27H24N4O4/c1-15-9-10-17-11-12-20(14-22(15)17)31-26(33)24(16(2)30-31)29-28-23-8-4-7-21(25(23)32)18-5-3-6-19(13-18)27(34)35/h3-8,11-15,28,32H,9-10H2,1-2H3,(H,34,35). The van der Waals surface area contributed by atoms with Crippen molar-refractivity contribution in [2.24, 2.45) is 10.2 Å². The average Bonchev–Trinajstić information content (AvgIpc) is 3.36. The molecule has 3 aromatic rings. The highest BCUT2D eigenvalue weighted by atomic mass is 16.4. The van der Waals surface area contributed by atoms with Gasteiger partial charge in [0.05, 0.1) is 22.6 Å². The molecular weight excluding hydrogens is 444 g/mol. The maximum Gasteiger partial charge on any atom is 0.335 e. The first-order chi connectivity index (χ1) is 16.8. The van der Waals surface area contributed by atoms with Gasteiger partial charge in [0.15, 0.2) is 5.71 Å². The summed E-state index contributed by atoms with van der Waals surface area (Å²) >= 11 is 0. The Bertz CT molecular complexity index is 1430. The third-order valence-corrected chi connectivity index (χ3v) is 6.48. The first kappa shape index (κ1) is 22.3. The summed E-state index contributed by atoms with van der Waals surface area (Å²) in [6.45, 7) is 3.90. The molecule has 35 heavy (non-hydrogen) atoms. The number of aromatic carboxylic acids is 1. The van der Waals surface area contributed by atoms with Crippen LogP contribution in [0.1, 0.15) is 47.7 Å². The Kier molecular flexibility index (Phi) is 5.56. The van der Waals surface area contributed by atoms with Crippen LogP contribution in [0.5, 0.6) is 5.75 Å². The van der Waals surface area contributed by atoms with Gasteiger partial charge in [-0.1, -0.05) is 37.3 Å². The highest BCUT2D eigenvalue weighted by Crippen LogP contribution is 2.37. The zero-order valence-corrected chi connectivity index (χ0v) is 19.3. The van der Waals surface area contributed by atoms with Crippen LogP contribution < -0.4 is 10.4 Å². The van der Waals surface area contributed by atoms with E-state index in [1.807, 2.05) is 12.1 Å². The molecule has 0 fully saturated rings. The van der Waals surface area contributed by atoms with Gasteiger partial charge in [-0.15, -0.1) is 0 Å². The van der Waals surface area contributed by atoms with Crippen LogP contribution in [0, 0.1) is 0 Å². The Morgan fingerprint density at radius 1 is 1.14 bits per heavy atom. The van der Waals surface area contributed by atoms with Crippen molar-refractivity contribution in [3.63, 3.8) is 0 Å². The van der Waals surface area contributed by atoms with E-state index < -0.39 is 5.97 Å². The number of benzene rings is 3. The van der Waals surface area contributed by atoms with Gasteiger partial charge in [0, 0.05) is 5.56 Å². The zero-order valence-electron chi connectivity index (χ0n) is 19.3. The van der Waals surface area contributed by atoms with E-state index in [0.717, 1.165) is 12.8 Å². The molecule has 0 saturated heterocycles. The van der Waals surface area contributed by atoms with E-state index in [1.54, 1.807) is 37.3 Å². The molecule has 0 bridgehead atoms. The summed E-state index contributed by atoms with van der Waals surface area (Å²) in [6, 6.07) is 17.3. The normalized spacial score (nSPS) is 18.1. The quantitative estimate of drug-likeness (QED) is 0.360. The van der Waals surface area contributed by atoms with Crippen LogP contribution in [0.15, 0.2) is 70.9 Å². The number of carbonyl (C=O) groups is 2. The molecule has 0 aromatic heterocycles. The molecule has 1 unspecified atom stereocenters. The van der Waals surface area contributed by atoms with Crippen LogP contribution in [0.25, 0.3) is 11.1 Å². The molecule has 1 atom stereocenters. The molecule has 0 saturated carbocycles. The van der Waals surface area contributed by atoms with Gasteiger partial charge in [-0.2, -0.15) is 15.2 Å². The Balaban J connectivity index is 1.40. The van der Waals surface area contributed by atoms with Crippen molar-refractivity contribution >= 4 is 34.7 Å². The van der Waals surface area contributed by atoms with Gasteiger partial charge >= 0.3 is 11.9 Å². The largest absolute Gasteiger partial charge is 0.505 e. The topological polar surface area (TPSA) is 115 Å². The number of carboxylic acids is 1. The van der Waals surface area contributed by atoms with E-state index >= 15 is 0 Å². The number of hydrazone groups is 2. The highest BCUT2D eigenvalue weighted by Gasteiger charge is 2.32. The Hall–Kier alpha value is -4.46. The van der Waals surface area contributed by atoms with Crippen LogP contribution in [-0.2, 0) is 11.2 Å². The smallest absolute Gasteiger partial charge is 0.335 e. The number of anilines is 2. The highest BCUT2D eigenvalue weighted by molar-refractivity contribution is 6.71. The predicted octanol–water partition coefficient (Wildman–Crippen LogP) is 5.00. The van der Waals surface area contributed by atoms with Gasteiger partial charge in [0.1, 0.15) is 5.75 Å². The lowest BCUT2D eigenvalue weighted by atomic mass is 10.0. The van der Waals surface area contributed by atoms with Crippen molar-refractivity contribution in [2.45, 2.75) is 32.6 Å². The molecular formula is C27H24N4O4. The van der Waals surface area contributed by atoms with Crippen LogP contribution >= 0.6 is 0 Å². The van der Waals surface area contributed by atoms with Crippen molar-refractivity contribution < 1.29 is 19.8 Å². The summed E-state index contributed by atoms with van der Waals surface area (Å²) in [5, 5.41) is 30.1. The summed E-state index contributed by atoms with van der Waals surface area (Å²) in [7, 11) is 0. The van der Waals surface area contributed by atoms with Gasteiger partial charge in [0.25, 0.3) is 0 Å². The van der Waals surface area contributed by atoms with E-state index in [0.29, 0.717) is 28.4 Å². The fourth-order valence-corrected chi connectivity index (χ4v) is 4.53. The monoisotopic (exact) mass is 468 g/mol. The molecule has 8 heteroatoms. The number of aromatic hydroxyl groups is 1. The number of carboxylic acid groups (broad SMARTS) is 1. The lowest BCUT2D eigenvalue weighted by Gasteiger charge is -2.14. The second kappa shape index (κ2) is 8.72. The van der Waals surface area contributed by atoms with E-state index in [1.165, 1.54) is 28.3 Å². The molecule has 1 aliphatic heterocycles. The molecule has 3 N–H and O–H groups in total. The number of carbonyl (C=O) groups excluding carboxylic acids is 1. The van der Waals surface area contributed by atoms with Gasteiger partial charge in [-0.25, -0.2) is 4.79 Å². The second-order valence-electron chi connectivity index (χ2n) is 8.79. The molecule has 0 spiro atoms. The molecule has 1 heterocycles.